The van der Waals surface area contributed by atoms with Gasteiger partial charge in [0, 0.05) is 0 Å². The van der Waals surface area contributed by atoms with Crippen LogP contribution in [0.2, 0.25) is 0 Å². The number of aliphatic carboxylic acids is 1. The molecule has 0 radical (unpaired) electrons. The highest BCUT2D eigenvalue weighted by Gasteiger charge is 2.30. The number of aliphatic hydroxyl groups excluding tert-OH is 1. The Morgan fingerprint density at radius 2 is 1.56 bits per heavy atom. The summed E-state index contributed by atoms with van der Waals surface area (Å²) in [5.41, 5.74) is 4.92. The van der Waals surface area contributed by atoms with E-state index >= 15 is 0 Å². The lowest BCUT2D eigenvalue weighted by molar-refractivity contribution is -0.145. The normalized spacial score (nSPS) is 15.6. The molecule has 0 aromatic carbocycles. The van der Waals surface area contributed by atoms with Crippen LogP contribution in [0.3, 0.4) is 0 Å². The van der Waals surface area contributed by atoms with Crippen molar-refractivity contribution in [1.29, 1.82) is 0 Å². The summed E-state index contributed by atoms with van der Waals surface area (Å²) in [4.78, 5) is 33.3. The van der Waals surface area contributed by atoms with Gasteiger partial charge in [-0.1, -0.05) is 13.8 Å². The van der Waals surface area contributed by atoms with Crippen molar-refractivity contribution in [3.05, 3.63) is 0 Å². The second-order valence-corrected chi connectivity index (χ2v) is 4.30. The fourth-order valence-corrected chi connectivity index (χ4v) is 1.32. The van der Waals surface area contributed by atoms with Gasteiger partial charge in [0.1, 0.15) is 6.04 Å². The molecule has 0 aromatic rings. The number of urea groups is 1. The Hall–Kier alpha value is -1.83. The van der Waals surface area contributed by atoms with E-state index in [9.17, 15) is 19.5 Å². The summed E-state index contributed by atoms with van der Waals surface area (Å²) >= 11 is 0. The second-order valence-electron chi connectivity index (χ2n) is 4.30. The van der Waals surface area contributed by atoms with Crippen molar-refractivity contribution in [2.75, 3.05) is 0 Å². The Balaban J connectivity index is 4.77. The maximum absolute atomic E-state index is 11.8. The number of carboxylic acid groups (broad SMARTS) is 1. The summed E-state index contributed by atoms with van der Waals surface area (Å²) in [6, 6.07) is -3.27. The van der Waals surface area contributed by atoms with Crippen molar-refractivity contribution in [3.63, 3.8) is 0 Å². The number of carbonyl (C=O) groups is 3. The molecular weight excluding hydrogens is 242 g/mol. The van der Waals surface area contributed by atoms with Gasteiger partial charge in [-0.3, -0.25) is 4.79 Å². The van der Waals surface area contributed by atoms with Gasteiger partial charge in [-0.15, -0.1) is 0 Å². The quantitative estimate of drug-likeness (QED) is 0.401. The van der Waals surface area contributed by atoms with Gasteiger partial charge in [-0.2, -0.15) is 0 Å². The van der Waals surface area contributed by atoms with Crippen molar-refractivity contribution in [2.24, 2.45) is 11.7 Å². The van der Waals surface area contributed by atoms with Gasteiger partial charge in [0.15, 0.2) is 6.04 Å². The molecule has 3 atom stereocenters. The molecule has 0 saturated heterocycles. The monoisotopic (exact) mass is 261 g/mol. The number of hydrogen-bond acceptors (Lipinski definition) is 4. The van der Waals surface area contributed by atoms with Crippen molar-refractivity contribution in [3.8, 4) is 0 Å². The molecule has 0 rings (SSSR count). The van der Waals surface area contributed by atoms with Gasteiger partial charge in [0.25, 0.3) is 0 Å². The van der Waals surface area contributed by atoms with Crippen LogP contribution in [0, 0.1) is 5.92 Å². The SMILES string of the molecule is CC(C)C(NC(N)=O)C(=O)NC(C(=O)O)C(C)O. The zero-order valence-corrected chi connectivity index (χ0v) is 10.5. The minimum Gasteiger partial charge on any atom is -0.480 e. The number of primary amides is 1. The molecule has 0 fully saturated rings. The molecule has 3 unspecified atom stereocenters. The maximum Gasteiger partial charge on any atom is 0.328 e. The van der Waals surface area contributed by atoms with E-state index in [1.54, 1.807) is 13.8 Å². The summed E-state index contributed by atoms with van der Waals surface area (Å²) in [6.07, 6.45) is -1.26. The number of carbonyl (C=O) groups excluding carboxylic acids is 2. The molecule has 0 aromatic heterocycles. The summed E-state index contributed by atoms with van der Waals surface area (Å²) in [6.45, 7) is 4.57. The molecule has 18 heavy (non-hydrogen) atoms. The van der Waals surface area contributed by atoms with Crippen molar-refractivity contribution < 1.29 is 24.6 Å². The number of nitrogens with two attached hydrogens (primary N) is 1. The average molecular weight is 261 g/mol. The molecule has 0 aliphatic rings. The molecule has 6 N–H and O–H groups in total. The first kappa shape index (κ1) is 16.2. The topological polar surface area (TPSA) is 142 Å². The third kappa shape index (κ3) is 5.00. The lowest BCUT2D eigenvalue weighted by Gasteiger charge is -2.24. The molecular formula is C10H19N3O5. The summed E-state index contributed by atoms with van der Waals surface area (Å²) in [7, 11) is 0. The molecule has 0 spiro atoms. The first-order valence-electron chi connectivity index (χ1n) is 5.44. The first-order chi connectivity index (χ1) is 8.16. The van der Waals surface area contributed by atoms with E-state index < -0.39 is 36.1 Å². The fraction of sp³-hybridized carbons (Fsp3) is 0.700. The number of rotatable bonds is 6. The maximum atomic E-state index is 11.8. The number of nitrogens with one attached hydrogen (secondary N) is 2. The predicted molar refractivity (Wildman–Crippen MR) is 62.6 cm³/mol. The van der Waals surface area contributed by atoms with Crippen LogP contribution in [-0.2, 0) is 9.59 Å². The Morgan fingerprint density at radius 3 is 1.83 bits per heavy atom. The average Bonchev–Trinajstić information content (AvgIpc) is 2.20. The molecule has 0 aliphatic heterocycles. The molecule has 0 bridgehead atoms. The molecule has 8 nitrogen and oxygen atoms in total. The Labute approximate surface area is 105 Å². The smallest absolute Gasteiger partial charge is 0.328 e. The molecule has 104 valence electrons. The zero-order chi connectivity index (χ0) is 14.5. The van der Waals surface area contributed by atoms with E-state index in [2.05, 4.69) is 10.6 Å². The van der Waals surface area contributed by atoms with Crippen LogP contribution in [0.4, 0.5) is 4.79 Å². The number of aliphatic hydroxyl groups is 1. The molecule has 0 saturated carbocycles. The van der Waals surface area contributed by atoms with Crippen LogP contribution in [0.25, 0.3) is 0 Å². The van der Waals surface area contributed by atoms with E-state index in [0.29, 0.717) is 0 Å². The standard InChI is InChI=1S/C10H19N3O5/c1-4(2)6(13-10(11)18)8(15)12-7(5(3)14)9(16)17/h4-7,14H,1-3H3,(H,12,15)(H,16,17)(H3,11,13,18). The van der Waals surface area contributed by atoms with Gasteiger partial charge < -0.3 is 26.6 Å². The lowest BCUT2D eigenvalue weighted by atomic mass is 10.0. The molecule has 0 heterocycles. The van der Waals surface area contributed by atoms with Crippen molar-refractivity contribution in [1.82, 2.24) is 10.6 Å². The van der Waals surface area contributed by atoms with Crippen LogP contribution in [-0.4, -0.2) is 46.3 Å². The Morgan fingerprint density at radius 1 is 1.06 bits per heavy atom. The third-order valence-electron chi connectivity index (χ3n) is 2.29. The van der Waals surface area contributed by atoms with Gasteiger partial charge in [0.2, 0.25) is 5.91 Å². The summed E-state index contributed by atoms with van der Waals surface area (Å²) in [5, 5.41) is 22.4. The minimum atomic E-state index is -1.44. The molecule has 3 amide bonds. The van der Waals surface area contributed by atoms with Crippen LogP contribution in [0.1, 0.15) is 20.8 Å². The Kier molecular flexibility index (Phi) is 6.11. The van der Waals surface area contributed by atoms with Gasteiger partial charge in [-0.25, -0.2) is 9.59 Å². The van der Waals surface area contributed by atoms with Crippen LogP contribution in [0.5, 0.6) is 0 Å². The summed E-state index contributed by atoms with van der Waals surface area (Å²) in [5.74, 6) is -2.35. The summed E-state index contributed by atoms with van der Waals surface area (Å²) < 4.78 is 0. The second kappa shape index (κ2) is 6.80. The van der Waals surface area contributed by atoms with Gasteiger partial charge in [-0.05, 0) is 12.8 Å². The van der Waals surface area contributed by atoms with Gasteiger partial charge >= 0.3 is 12.0 Å². The highest BCUT2D eigenvalue weighted by Crippen LogP contribution is 2.03. The van der Waals surface area contributed by atoms with E-state index in [-0.39, 0.29) is 5.92 Å². The van der Waals surface area contributed by atoms with Crippen LogP contribution < -0.4 is 16.4 Å². The van der Waals surface area contributed by atoms with E-state index in [1.165, 1.54) is 6.92 Å². The third-order valence-corrected chi connectivity index (χ3v) is 2.29. The van der Waals surface area contributed by atoms with E-state index in [1.807, 2.05) is 0 Å². The Bertz CT molecular complexity index is 329. The van der Waals surface area contributed by atoms with Gasteiger partial charge in [0.05, 0.1) is 6.10 Å². The largest absolute Gasteiger partial charge is 0.480 e. The van der Waals surface area contributed by atoms with Crippen molar-refractivity contribution in [2.45, 2.75) is 39.0 Å². The number of amides is 3. The first-order valence-corrected chi connectivity index (χ1v) is 5.44. The molecule has 0 aliphatic carbocycles. The zero-order valence-electron chi connectivity index (χ0n) is 10.5. The number of carboxylic acids is 1. The highest BCUT2D eigenvalue weighted by molar-refractivity contribution is 5.90. The van der Waals surface area contributed by atoms with E-state index in [0.717, 1.165) is 0 Å². The number of hydrogen-bond donors (Lipinski definition) is 5. The van der Waals surface area contributed by atoms with Crippen molar-refractivity contribution >= 4 is 17.9 Å². The van der Waals surface area contributed by atoms with E-state index in [4.69, 9.17) is 10.8 Å². The predicted octanol–water partition coefficient (Wildman–Crippen LogP) is -1.37. The minimum absolute atomic E-state index is 0.277. The van der Waals surface area contributed by atoms with Crippen LogP contribution in [0.15, 0.2) is 0 Å². The highest BCUT2D eigenvalue weighted by atomic mass is 16.4. The van der Waals surface area contributed by atoms with Crippen LogP contribution >= 0.6 is 0 Å². The fourth-order valence-electron chi connectivity index (χ4n) is 1.32. The molecule has 8 heteroatoms. The lowest BCUT2D eigenvalue weighted by Crippen LogP contribution is -2.57.